The zero-order valence-corrected chi connectivity index (χ0v) is 13.7. The quantitative estimate of drug-likeness (QED) is 0.834. The van der Waals surface area contributed by atoms with Crippen LogP contribution < -0.4 is 4.90 Å². The lowest BCUT2D eigenvalue weighted by Crippen LogP contribution is -2.21. The van der Waals surface area contributed by atoms with Gasteiger partial charge in [0.15, 0.2) is 10.9 Å². The van der Waals surface area contributed by atoms with Crippen LogP contribution in [0.25, 0.3) is 0 Å². The molecular formula is C16H17ClN2OS. The average molecular weight is 321 g/mol. The number of nitrogens with zero attached hydrogens (tertiary/aromatic N) is 2. The van der Waals surface area contributed by atoms with Crippen molar-refractivity contribution >= 4 is 33.9 Å². The van der Waals surface area contributed by atoms with Gasteiger partial charge in [-0.3, -0.25) is 4.79 Å². The Labute approximate surface area is 133 Å². The van der Waals surface area contributed by atoms with Crippen molar-refractivity contribution < 1.29 is 4.79 Å². The van der Waals surface area contributed by atoms with Crippen molar-refractivity contribution in [2.45, 2.75) is 32.2 Å². The van der Waals surface area contributed by atoms with E-state index in [1.54, 1.807) is 11.3 Å². The number of carbonyl (C=O) groups is 1. The van der Waals surface area contributed by atoms with Crippen LogP contribution in [-0.2, 0) is 6.42 Å². The van der Waals surface area contributed by atoms with Gasteiger partial charge in [-0.05, 0) is 37.5 Å². The molecule has 0 spiro atoms. The Kier molecular flexibility index (Phi) is 4.00. The predicted molar refractivity (Wildman–Crippen MR) is 87.7 cm³/mol. The molecule has 1 aromatic heterocycles. The lowest BCUT2D eigenvalue weighted by Gasteiger charge is -2.24. The molecule has 0 saturated carbocycles. The number of hydrogen-bond donors (Lipinski definition) is 0. The van der Waals surface area contributed by atoms with Crippen LogP contribution in [0.5, 0.6) is 0 Å². The number of anilines is 1. The highest BCUT2D eigenvalue weighted by Crippen LogP contribution is 2.34. The van der Waals surface area contributed by atoms with Crippen molar-refractivity contribution in [3.8, 4) is 0 Å². The van der Waals surface area contributed by atoms with E-state index in [4.69, 9.17) is 11.6 Å². The van der Waals surface area contributed by atoms with E-state index in [1.807, 2.05) is 31.3 Å². The molecule has 0 radical (unpaired) electrons. The zero-order valence-electron chi connectivity index (χ0n) is 12.1. The SMILES string of the molecule is CC(c1ccc(Cl)cc1)N(C)c1nc2c(s1)CCCC2=O. The monoisotopic (exact) mass is 320 g/mol. The van der Waals surface area contributed by atoms with Crippen LogP contribution in [0.1, 0.15) is 46.7 Å². The van der Waals surface area contributed by atoms with Crippen LogP contribution >= 0.6 is 22.9 Å². The molecule has 2 aromatic rings. The minimum absolute atomic E-state index is 0.185. The van der Waals surface area contributed by atoms with E-state index in [-0.39, 0.29) is 11.8 Å². The molecule has 1 aliphatic carbocycles. The van der Waals surface area contributed by atoms with Crippen molar-refractivity contribution in [3.63, 3.8) is 0 Å². The molecule has 21 heavy (non-hydrogen) atoms. The van der Waals surface area contributed by atoms with Gasteiger partial charge in [-0.15, -0.1) is 11.3 Å². The zero-order chi connectivity index (χ0) is 15.0. The van der Waals surface area contributed by atoms with Gasteiger partial charge in [0.05, 0.1) is 6.04 Å². The third-order valence-corrected chi connectivity index (χ3v) is 5.45. The lowest BCUT2D eigenvalue weighted by atomic mass is 10.0. The molecule has 110 valence electrons. The largest absolute Gasteiger partial charge is 0.344 e. The molecule has 0 amide bonds. The summed E-state index contributed by atoms with van der Waals surface area (Å²) in [5, 5.41) is 1.65. The van der Waals surface area contributed by atoms with Crippen LogP contribution in [0.2, 0.25) is 5.02 Å². The molecule has 0 fully saturated rings. The van der Waals surface area contributed by atoms with Gasteiger partial charge in [0, 0.05) is 23.4 Å². The maximum absolute atomic E-state index is 11.9. The third-order valence-electron chi connectivity index (χ3n) is 3.99. The predicted octanol–water partition coefficient (Wildman–Crippen LogP) is 4.51. The normalized spacial score (nSPS) is 15.7. The highest BCUT2D eigenvalue weighted by atomic mass is 35.5. The molecule has 1 heterocycles. The molecule has 1 atom stereocenters. The molecule has 0 bridgehead atoms. The molecular weight excluding hydrogens is 304 g/mol. The molecule has 1 aliphatic rings. The summed E-state index contributed by atoms with van der Waals surface area (Å²) < 4.78 is 0. The standard InChI is InChI=1S/C16H17ClN2OS/c1-10(11-6-8-12(17)9-7-11)19(2)16-18-15-13(20)4-3-5-14(15)21-16/h6-10H,3-5H2,1-2H3. The van der Waals surface area contributed by atoms with Crippen LogP contribution in [-0.4, -0.2) is 17.8 Å². The second-order valence-corrected chi connectivity index (χ2v) is 6.88. The van der Waals surface area contributed by atoms with Crippen molar-refractivity contribution in [1.82, 2.24) is 4.98 Å². The fourth-order valence-electron chi connectivity index (χ4n) is 2.54. The first kappa shape index (κ1) is 14.5. The molecule has 3 rings (SSSR count). The summed E-state index contributed by atoms with van der Waals surface area (Å²) >= 11 is 7.58. The first-order chi connectivity index (χ1) is 10.1. The van der Waals surface area contributed by atoms with E-state index in [0.717, 1.165) is 27.9 Å². The van der Waals surface area contributed by atoms with Gasteiger partial charge in [-0.25, -0.2) is 4.98 Å². The first-order valence-corrected chi connectivity index (χ1v) is 8.27. The number of aromatic nitrogens is 1. The molecule has 5 heteroatoms. The van der Waals surface area contributed by atoms with Gasteiger partial charge in [-0.1, -0.05) is 23.7 Å². The van der Waals surface area contributed by atoms with E-state index in [1.165, 1.54) is 5.56 Å². The van der Waals surface area contributed by atoms with E-state index in [9.17, 15) is 4.79 Å². The van der Waals surface area contributed by atoms with Crippen molar-refractivity contribution in [2.24, 2.45) is 0 Å². The molecule has 3 nitrogen and oxygen atoms in total. The smallest absolute Gasteiger partial charge is 0.186 e. The molecule has 0 saturated heterocycles. The van der Waals surface area contributed by atoms with Crippen molar-refractivity contribution in [2.75, 3.05) is 11.9 Å². The van der Waals surface area contributed by atoms with Gasteiger partial charge in [0.1, 0.15) is 5.69 Å². The van der Waals surface area contributed by atoms with Gasteiger partial charge in [0.25, 0.3) is 0 Å². The molecule has 0 aliphatic heterocycles. The second kappa shape index (κ2) is 5.78. The first-order valence-electron chi connectivity index (χ1n) is 7.07. The van der Waals surface area contributed by atoms with E-state index < -0.39 is 0 Å². The second-order valence-electron chi connectivity index (χ2n) is 5.38. The highest BCUT2D eigenvalue weighted by molar-refractivity contribution is 7.16. The Morgan fingerprint density at radius 3 is 2.67 bits per heavy atom. The minimum atomic E-state index is 0.185. The Bertz CT molecular complexity index is 665. The summed E-state index contributed by atoms with van der Waals surface area (Å²) in [4.78, 5) is 19.7. The Morgan fingerprint density at radius 2 is 2.00 bits per heavy atom. The summed E-state index contributed by atoms with van der Waals surface area (Å²) in [5.41, 5.74) is 1.87. The molecule has 0 N–H and O–H groups in total. The minimum Gasteiger partial charge on any atom is -0.344 e. The number of rotatable bonds is 3. The fraction of sp³-hybridized carbons (Fsp3) is 0.375. The maximum Gasteiger partial charge on any atom is 0.186 e. The Morgan fingerprint density at radius 1 is 1.29 bits per heavy atom. The van der Waals surface area contributed by atoms with Crippen molar-refractivity contribution in [1.29, 1.82) is 0 Å². The number of thiazole rings is 1. The van der Waals surface area contributed by atoms with Gasteiger partial charge >= 0.3 is 0 Å². The Hall–Kier alpha value is -1.39. The number of fused-ring (bicyclic) bond motifs is 1. The summed E-state index contributed by atoms with van der Waals surface area (Å²) in [6.07, 6.45) is 2.55. The van der Waals surface area contributed by atoms with Crippen LogP contribution in [0.15, 0.2) is 24.3 Å². The van der Waals surface area contributed by atoms with Gasteiger partial charge < -0.3 is 4.90 Å². The van der Waals surface area contributed by atoms with Crippen LogP contribution in [0.3, 0.4) is 0 Å². The fourth-order valence-corrected chi connectivity index (χ4v) is 3.82. The Balaban J connectivity index is 1.86. The van der Waals surface area contributed by atoms with Gasteiger partial charge in [-0.2, -0.15) is 0 Å². The van der Waals surface area contributed by atoms with E-state index in [0.29, 0.717) is 12.1 Å². The van der Waals surface area contributed by atoms with Crippen molar-refractivity contribution in [3.05, 3.63) is 45.4 Å². The number of aryl methyl sites for hydroxylation is 1. The topological polar surface area (TPSA) is 33.2 Å². The van der Waals surface area contributed by atoms with E-state index in [2.05, 4.69) is 16.8 Å². The number of carbonyl (C=O) groups excluding carboxylic acids is 1. The van der Waals surface area contributed by atoms with Crippen LogP contribution in [0, 0.1) is 0 Å². The summed E-state index contributed by atoms with van der Waals surface area (Å²) in [6, 6.07) is 8.05. The number of hydrogen-bond acceptors (Lipinski definition) is 4. The maximum atomic E-state index is 11.9. The van der Waals surface area contributed by atoms with Crippen LogP contribution in [0.4, 0.5) is 5.13 Å². The summed E-state index contributed by atoms with van der Waals surface area (Å²) in [6.45, 7) is 2.13. The number of halogens is 1. The summed E-state index contributed by atoms with van der Waals surface area (Å²) in [7, 11) is 2.02. The third kappa shape index (κ3) is 2.83. The highest BCUT2D eigenvalue weighted by Gasteiger charge is 2.25. The lowest BCUT2D eigenvalue weighted by molar-refractivity contribution is 0.0968. The van der Waals surface area contributed by atoms with E-state index >= 15 is 0 Å². The molecule has 1 aromatic carbocycles. The molecule has 1 unspecified atom stereocenters. The summed E-state index contributed by atoms with van der Waals surface area (Å²) in [5.74, 6) is 0.186. The average Bonchev–Trinajstić information content (AvgIpc) is 2.92. The number of benzene rings is 1. The van der Waals surface area contributed by atoms with Gasteiger partial charge in [0.2, 0.25) is 0 Å². The number of ketones is 1. The number of Topliss-reactive ketones (excluding diaryl/α,β-unsaturated/α-hetero) is 1.